The lowest BCUT2D eigenvalue weighted by Crippen LogP contribution is -2.50. The highest BCUT2D eigenvalue weighted by Crippen LogP contribution is 2.42. The molecule has 0 aliphatic carbocycles. The van der Waals surface area contributed by atoms with Gasteiger partial charge in [0.1, 0.15) is 11.1 Å². The maximum Gasteiger partial charge on any atom is 0.255 e. The van der Waals surface area contributed by atoms with Gasteiger partial charge in [-0.2, -0.15) is 0 Å². The maximum absolute atomic E-state index is 12.8. The molecule has 164 valence electrons. The van der Waals surface area contributed by atoms with E-state index in [1.54, 1.807) is 31.0 Å². The molecule has 31 heavy (non-hydrogen) atoms. The van der Waals surface area contributed by atoms with Gasteiger partial charge < -0.3 is 14.5 Å². The second-order valence-electron chi connectivity index (χ2n) is 7.61. The Morgan fingerprint density at radius 3 is 2.52 bits per heavy atom. The van der Waals surface area contributed by atoms with Crippen molar-refractivity contribution in [3.8, 4) is 5.75 Å². The minimum Gasteiger partial charge on any atom is -0.496 e. The van der Waals surface area contributed by atoms with E-state index in [-0.39, 0.29) is 17.2 Å². The molecule has 0 saturated carbocycles. The summed E-state index contributed by atoms with van der Waals surface area (Å²) >= 11 is 7.83. The molecule has 2 saturated heterocycles. The number of methoxy groups -OCH3 is 1. The molecular weight excluding hydrogens is 434 g/mol. The van der Waals surface area contributed by atoms with Crippen molar-refractivity contribution in [2.75, 3.05) is 52.1 Å². The molecule has 2 aliphatic rings. The van der Waals surface area contributed by atoms with E-state index >= 15 is 0 Å². The van der Waals surface area contributed by atoms with Crippen LogP contribution in [0.2, 0.25) is 5.02 Å². The lowest BCUT2D eigenvalue weighted by molar-refractivity contribution is -0.128. The van der Waals surface area contributed by atoms with Gasteiger partial charge in [0.2, 0.25) is 5.91 Å². The van der Waals surface area contributed by atoms with E-state index in [9.17, 15) is 9.59 Å². The Morgan fingerprint density at radius 2 is 1.77 bits per heavy atom. The summed E-state index contributed by atoms with van der Waals surface area (Å²) < 4.78 is 5.51. The number of nitrogens with zero attached hydrogens (tertiary/aromatic N) is 3. The summed E-state index contributed by atoms with van der Waals surface area (Å²) in [6.45, 7) is 4.32. The van der Waals surface area contributed by atoms with Gasteiger partial charge in [-0.05, 0) is 18.2 Å². The van der Waals surface area contributed by atoms with E-state index in [1.165, 1.54) is 0 Å². The smallest absolute Gasteiger partial charge is 0.255 e. The molecule has 0 N–H and O–H groups in total. The number of benzene rings is 2. The molecule has 0 spiro atoms. The zero-order valence-electron chi connectivity index (χ0n) is 17.5. The largest absolute Gasteiger partial charge is 0.496 e. The van der Waals surface area contributed by atoms with Gasteiger partial charge in [0.15, 0.2) is 0 Å². The van der Waals surface area contributed by atoms with E-state index in [1.807, 2.05) is 46.2 Å². The van der Waals surface area contributed by atoms with Crippen molar-refractivity contribution in [2.24, 2.45) is 0 Å². The molecule has 2 aliphatic heterocycles. The second kappa shape index (κ2) is 9.94. The molecule has 0 bridgehead atoms. The van der Waals surface area contributed by atoms with Crippen LogP contribution in [0.4, 0.5) is 0 Å². The third kappa shape index (κ3) is 4.84. The Morgan fingerprint density at radius 1 is 1.06 bits per heavy atom. The van der Waals surface area contributed by atoms with Crippen LogP contribution in [-0.4, -0.2) is 78.6 Å². The lowest BCUT2D eigenvalue weighted by atomic mass is 10.1. The van der Waals surface area contributed by atoms with E-state index in [0.717, 1.165) is 30.9 Å². The molecule has 2 aromatic carbocycles. The Hall–Kier alpha value is -2.22. The average molecular weight is 460 g/mol. The predicted octanol–water partition coefficient (Wildman–Crippen LogP) is 3.38. The number of para-hydroxylation sites is 1. The highest BCUT2D eigenvalue weighted by Gasteiger charge is 2.34. The van der Waals surface area contributed by atoms with Crippen LogP contribution >= 0.6 is 23.4 Å². The molecule has 8 heteroatoms. The SMILES string of the molecule is COc1ccccc1[C@@H]1SCC(=O)N1CCN1CCN(C(=O)c2ccccc2Cl)CC1. The molecule has 1 atom stereocenters. The van der Waals surface area contributed by atoms with Gasteiger partial charge in [0.05, 0.1) is 23.4 Å². The molecule has 4 rings (SSSR count). The standard InChI is InChI=1S/C23H26ClN3O3S/c1-30-20-9-5-3-7-18(20)23-27(21(28)16-31-23)15-12-25-10-13-26(14-11-25)22(29)17-6-2-4-8-19(17)24/h2-9,23H,10-16H2,1H3/t23-/m0/s1. The first-order valence-corrected chi connectivity index (χ1v) is 11.8. The summed E-state index contributed by atoms with van der Waals surface area (Å²) in [4.78, 5) is 31.4. The molecular formula is C23H26ClN3O3S. The average Bonchev–Trinajstić information content (AvgIpc) is 3.18. The van der Waals surface area contributed by atoms with Crippen LogP contribution in [0, 0.1) is 0 Å². The fourth-order valence-corrected chi connectivity index (χ4v) is 5.51. The second-order valence-corrected chi connectivity index (χ2v) is 9.08. The number of carbonyl (C=O) groups excluding carboxylic acids is 2. The quantitative estimate of drug-likeness (QED) is 0.662. The van der Waals surface area contributed by atoms with Crippen LogP contribution in [0.25, 0.3) is 0 Å². The van der Waals surface area contributed by atoms with Crippen LogP contribution in [0.5, 0.6) is 5.75 Å². The summed E-state index contributed by atoms with van der Waals surface area (Å²) in [7, 11) is 1.66. The summed E-state index contributed by atoms with van der Waals surface area (Å²) in [5.74, 6) is 1.44. The fourth-order valence-electron chi connectivity index (χ4n) is 4.05. The maximum atomic E-state index is 12.8. The summed E-state index contributed by atoms with van der Waals surface area (Å²) in [6.07, 6.45) is 0. The van der Waals surface area contributed by atoms with E-state index in [0.29, 0.717) is 36.0 Å². The van der Waals surface area contributed by atoms with Crippen molar-refractivity contribution in [2.45, 2.75) is 5.37 Å². The minimum absolute atomic E-state index is 0.0207. The number of hydrogen-bond donors (Lipinski definition) is 0. The first-order chi connectivity index (χ1) is 15.1. The van der Waals surface area contributed by atoms with Gasteiger partial charge in [-0.15, -0.1) is 11.8 Å². The van der Waals surface area contributed by atoms with E-state index in [2.05, 4.69) is 4.90 Å². The van der Waals surface area contributed by atoms with Crippen molar-refractivity contribution in [3.05, 3.63) is 64.7 Å². The Bertz CT molecular complexity index is 949. The lowest BCUT2D eigenvalue weighted by Gasteiger charge is -2.36. The monoisotopic (exact) mass is 459 g/mol. The van der Waals surface area contributed by atoms with Gasteiger partial charge in [-0.25, -0.2) is 0 Å². The zero-order chi connectivity index (χ0) is 21.8. The van der Waals surface area contributed by atoms with Gasteiger partial charge in [-0.1, -0.05) is 41.9 Å². The predicted molar refractivity (Wildman–Crippen MR) is 124 cm³/mol. The molecule has 0 unspecified atom stereocenters. The highest BCUT2D eigenvalue weighted by molar-refractivity contribution is 8.00. The van der Waals surface area contributed by atoms with E-state index in [4.69, 9.17) is 16.3 Å². The third-order valence-electron chi connectivity index (χ3n) is 5.79. The number of ether oxygens (including phenoxy) is 1. The molecule has 0 radical (unpaired) electrons. The number of rotatable bonds is 6. The Labute approximate surface area is 192 Å². The Balaban J connectivity index is 1.33. The summed E-state index contributed by atoms with van der Waals surface area (Å²) in [6, 6.07) is 15.1. The van der Waals surface area contributed by atoms with Gasteiger partial charge >= 0.3 is 0 Å². The fraction of sp³-hybridized carbons (Fsp3) is 0.391. The Kier molecular flexibility index (Phi) is 7.05. The highest BCUT2D eigenvalue weighted by atomic mass is 35.5. The van der Waals surface area contributed by atoms with Crippen LogP contribution < -0.4 is 4.74 Å². The van der Waals surface area contributed by atoms with Crippen molar-refractivity contribution in [1.82, 2.24) is 14.7 Å². The van der Waals surface area contributed by atoms with E-state index < -0.39 is 0 Å². The van der Waals surface area contributed by atoms with Crippen molar-refractivity contribution >= 4 is 35.2 Å². The van der Waals surface area contributed by atoms with Crippen molar-refractivity contribution in [3.63, 3.8) is 0 Å². The first kappa shape index (κ1) is 22.0. The van der Waals surface area contributed by atoms with Crippen LogP contribution in [0.3, 0.4) is 0 Å². The third-order valence-corrected chi connectivity index (χ3v) is 7.36. The van der Waals surface area contributed by atoms with Crippen molar-refractivity contribution < 1.29 is 14.3 Å². The zero-order valence-corrected chi connectivity index (χ0v) is 19.1. The summed E-state index contributed by atoms with van der Waals surface area (Å²) in [5, 5.41) is 0.467. The molecule has 6 nitrogen and oxygen atoms in total. The number of thioether (sulfide) groups is 1. The van der Waals surface area contributed by atoms with Gasteiger partial charge in [0.25, 0.3) is 5.91 Å². The molecule has 0 aromatic heterocycles. The molecule has 2 amide bonds. The number of halogens is 1. The first-order valence-electron chi connectivity index (χ1n) is 10.4. The van der Waals surface area contributed by atoms with Gasteiger partial charge in [0, 0.05) is 44.8 Å². The number of hydrogen-bond acceptors (Lipinski definition) is 5. The topological polar surface area (TPSA) is 53.1 Å². The number of carbonyl (C=O) groups is 2. The minimum atomic E-state index is -0.0215. The van der Waals surface area contributed by atoms with Gasteiger partial charge in [-0.3, -0.25) is 14.5 Å². The molecule has 2 aromatic rings. The van der Waals surface area contributed by atoms with Crippen LogP contribution in [-0.2, 0) is 4.79 Å². The van der Waals surface area contributed by atoms with Crippen LogP contribution in [0.15, 0.2) is 48.5 Å². The molecule has 2 fully saturated rings. The number of piperazine rings is 1. The normalized spacial score (nSPS) is 19.7. The van der Waals surface area contributed by atoms with Crippen LogP contribution in [0.1, 0.15) is 21.3 Å². The summed E-state index contributed by atoms with van der Waals surface area (Å²) in [5.41, 5.74) is 1.59. The van der Waals surface area contributed by atoms with Crippen molar-refractivity contribution in [1.29, 1.82) is 0 Å². The number of amides is 2. The molecule has 2 heterocycles.